The molecule has 0 aromatic rings. The van der Waals surface area contributed by atoms with Crippen LogP contribution in [0.25, 0.3) is 0 Å². The highest BCUT2D eigenvalue weighted by atomic mass is 16.4. The van der Waals surface area contributed by atoms with Crippen molar-refractivity contribution in [2.24, 2.45) is 17.6 Å². The van der Waals surface area contributed by atoms with E-state index >= 15 is 0 Å². The Bertz CT molecular complexity index is 512. The first-order valence-electron chi connectivity index (χ1n) is 8.87. The molecule has 0 unspecified atom stereocenters. The monoisotopic (exact) mass is 367 g/mol. The van der Waals surface area contributed by atoms with Gasteiger partial charge in [-0.05, 0) is 25.7 Å². The van der Waals surface area contributed by atoms with Gasteiger partial charge in [-0.3, -0.25) is 0 Å². The van der Waals surface area contributed by atoms with E-state index in [0.717, 1.165) is 6.08 Å². The Kier molecular flexibility index (Phi) is 12.6. The van der Waals surface area contributed by atoms with Crippen LogP contribution in [0, 0.1) is 11.8 Å². The number of carboxylic acids is 1. The fourth-order valence-corrected chi connectivity index (χ4v) is 2.37. The molecule has 6 heteroatoms. The smallest absolute Gasteiger partial charge is 0.328 e. The van der Waals surface area contributed by atoms with E-state index in [1.807, 2.05) is 25.2 Å². The van der Waals surface area contributed by atoms with E-state index < -0.39 is 30.3 Å². The predicted octanol–water partition coefficient (Wildman–Crippen LogP) is 1.78. The van der Waals surface area contributed by atoms with Crippen LogP contribution in [0.4, 0.5) is 0 Å². The number of hydrogen-bond acceptors (Lipinski definition) is 5. The van der Waals surface area contributed by atoms with Crippen LogP contribution in [0.15, 0.2) is 48.6 Å². The Morgan fingerprint density at radius 2 is 1.62 bits per heavy atom. The van der Waals surface area contributed by atoms with Crippen LogP contribution in [0.1, 0.15) is 33.6 Å². The Labute approximate surface area is 156 Å². The van der Waals surface area contributed by atoms with Crippen molar-refractivity contribution in [3.63, 3.8) is 0 Å². The molecule has 0 radical (unpaired) electrons. The van der Waals surface area contributed by atoms with Gasteiger partial charge in [-0.1, -0.05) is 56.4 Å². The van der Waals surface area contributed by atoms with Crippen molar-refractivity contribution in [2.45, 2.75) is 58.0 Å². The maximum atomic E-state index is 10.5. The summed E-state index contributed by atoms with van der Waals surface area (Å²) in [7, 11) is 0. The fraction of sp³-hybridized carbons (Fsp3) is 0.550. The molecule has 6 N–H and O–H groups in total. The number of rotatable bonds is 12. The number of allylic oxidation sites excluding steroid dienone is 5. The van der Waals surface area contributed by atoms with Gasteiger partial charge in [-0.15, -0.1) is 0 Å². The number of aliphatic carboxylic acids is 1. The van der Waals surface area contributed by atoms with Crippen LogP contribution in [0.3, 0.4) is 0 Å². The second-order valence-corrected chi connectivity index (χ2v) is 6.53. The topological polar surface area (TPSA) is 124 Å². The molecule has 0 amide bonds. The molecule has 6 atom stereocenters. The molecule has 0 aromatic heterocycles. The largest absolute Gasteiger partial charge is 0.478 e. The summed E-state index contributed by atoms with van der Waals surface area (Å²) in [6.45, 7) is 5.46. The summed E-state index contributed by atoms with van der Waals surface area (Å²) in [5, 5.41) is 39.0. The lowest BCUT2D eigenvalue weighted by molar-refractivity contribution is -0.131. The number of carboxylic acid groups (broad SMARTS) is 1. The fourth-order valence-electron chi connectivity index (χ4n) is 2.37. The van der Waals surface area contributed by atoms with E-state index in [2.05, 4.69) is 0 Å². The standard InChI is InChI=1S/C20H33NO5/c1-4-5-6-7-8-9-17(22)15(3)18(23)12-10-14(2)20(26)16(21)11-13-19(24)25/h4-9,11,13-18,20,22-23,26H,10,12,21H2,1-3H3,(H,24,25)/b5-4+,7-6-,9-8-,13-11-/t14-,15-,16-,17-,18-,20-/m0/s1. The summed E-state index contributed by atoms with van der Waals surface area (Å²) in [4.78, 5) is 10.5. The third-order valence-corrected chi connectivity index (χ3v) is 4.34. The highest BCUT2D eigenvalue weighted by molar-refractivity contribution is 5.79. The van der Waals surface area contributed by atoms with Gasteiger partial charge < -0.3 is 26.2 Å². The van der Waals surface area contributed by atoms with Crippen LogP contribution < -0.4 is 5.73 Å². The SMILES string of the molecule is C/C=C/C=C\C=C/[C@H](O)[C@H](C)[C@@H](O)CC[C@H](C)[C@H](O)[C@@H](N)/C=C\C(=O)O. The molecule has 0 aromatic carbocycles. The van der Waals surface area contributed by atoms with Crippen LogP contribution in [0.2, 0.25) is 0 Å². The molecular weight excluding hydrogens is 334 g/mol. The van der Waals surface area contributed by atoms with Crippen LogP contribution in [-0.2, 0) is 4.79 Å². The minimum absolute atomic E-state index is 0.221. The molecule has 26 heavy (non-hydrogen) atoms. The average Bonchev–Trinajstić information content (AvgIpc) is 2.61. The number of aliphatic hydroxyl groups excluding tert-OH is 3. The van der Waals surface area contributed by atoms with E-state index in [1.54, 1.807) is 32.1 Å². The summed E-state index contributed by atoms with van der Waals surface area (Å²) >= 11 is 0. The normalized spacial score (nSPS) is 20.0. The van der Waals surface area contributed by atoms with Crippen molar-refractivity contribution < 1.29 is 25.2 Å². The second-order valence-electron chi connectivity index (χ2n) is 6.53. The van der Waals surface area contributed by atoms with Gasteiger partial charge in [0.15, 0.2) is 0 Å². The first-order valence-corrected chi connectivity index (χ1v) is 8.87. The summed E-state index contributed by atoms with van der Waals surface area (Å²) < 4.78 is 0. The zero-order valence-corrected chi connectivity index (χ0v) is 15.8. The van der Waals surface area contributed by atoms with Crippen LogP contribution in [-0.4, -0.2) is 50.7 Å². The predicted molar refractivity (Wildman–Crippen MR) is 103 cm³/mol. The Morgan fingerprint density at radius 1 is 1.00 bits per heavy atom. The van der Waals surface area contributed by atoms with Gasteiger partial charge in [0.2, 0.25) is 0 Å². The molecule has 0 aliphatic heterocycles. The van der Waals surface area contributed by atoms with Gasteiger partial charge in [0.25, 0.3) is 0 Å². The molecular formula is C20H33NO5. The molecule has 0 saturated heterocycles. The first-order chi connectivity index (χ1) is 12.2. The third kappa shape index (κ3) is 10.3. The van der Waals surface area contributed by atoms with E-state index in [4.69, 9.17) is 10.8 Å². The maximum Gasteiger partial charge on any atom is 0.328 e. The molecule has 0 heterocycles. The van der Waals surface area contributed by atoms with Crippen LogP contribution >= 0.6 is 0 Å². The second kappa shape index (κ2) is 13.5. The zero-order valence-electron chi connectivity index (χ0n) is 15.8. The molecule has 6 nitrogen and oxygen atoms in total. The van der Waals surface area contributed by atoms with Crippen LogP contribution in [0.5, 0.6) is 0 Å². The van der Waals surface area contributed by atoms with E-state index in [-0.39, 0.29) is 11.8 Å². The number of nitrogens with two attached hydrogens (primary N) is 1. The highest BCUT2D eigenvalue weighted by Gasteiger charge is 2.24. The van der Waals surface area contributed by atoms with Gasteiger partial charge in [0.05, 0.1) is 18.3 Å². The van der Waals surface area contributed by atoms with E-state index in [1.165, 1.54) is 6.08 Å². The Morgan fingerprint density at radius 3 is 2.19 bits per heavy atom. The maximum absolute atomic E-state index is 10.5. The van der Waals surface area contributed by atoms with Crippen molar-refractivity contribution in [2.75, 3.05) is 0 Å². The molecule has 0 fully saturated rings. The lowest BCUT2D eigenvalue weighted by Crippen LogP contribution is -2.38. The lowest BCUT2D eigenvalue weighted by Gasteiger charge is -2.26. The zero-order chi connectivity index (χ0) is 20.1. The summed E-state index contributed by atoms with van der Waals surface area (Å²) in [6.07, 6.45) is 11.4. The molecule has 0 aliphatic rings. The molecule has 0 bridgehead atoms. The van der Waals surface area contributed by atoms with Crippen molar-refractivity contribution in [3.05, 3.63) is 48.6 Å². The van der Waals surface area contributed by atoms with Gasteiger partial charge >= 0.3 is 5.97 Å². The van der Waals surface area contributed by atoms with Crippen molar-refractivity contribution in [1.82, 2.24) is 0 Å². The molecule has 0 spiro atoms. The number of aliphatic hydroxyl groups is 3. The summed E-state index contributed by atoms with van der Waals surface area (Å²) in [6, 6.07) is -0.784. The van der Waals surface area contributed by atoms with Gasteiger partial charge in [-0.2, -0.15) is 0 Å². The molecule has 0 saturated carbocycles. The quantitative estimate of drug-likeness (QED) is 0.265. The number of hydrogen-bond donors (Lipinski definition) is 5. The Hall–Kier alpha value is -1.73. The van der Waals surface area contributed by atoms with Crippen molar-refractivity contribution >= 4 is 5.97 Å². The molecule has 0 aliphatic carbocycles. The summed E-state index contributed by atoms with van der Waals surface area (Å²) in [5.41, 5.74) is 5.75. The average molecular weight is 367 g/mol. The van der Waals surface area contributed by atoms with Gasteiger partial charge in [0, 0.05) is 18.0 Å². The van der Waals surface area contributed by atoms with Crippen molar-refractivity contribution in [3.8, 4) is 0 Å². The number of carbonyl (C=O) groups is 1. The minimum atomic E-state index is -1.12. The lowest BCUT2D eigenvalue weighted by atomic mass is 9.88. The third-order valence-electron chi connectivity index (χ3n) is 4.34. The summed E-state index contributed by atoms with van der Waals surface area (Å²) in [5.74, 6) is -1.69. The molecule has 0 rings (SSSR count). The van der Waals surface area contributed by atoms with E-state index in [0.29, 0.717) is 12.8 Å². The van der Waals surface area contributed by atoms with Gasteiger partial charge in [-0.25, -0.2) is 4.79 Å². The van der Waals surface area contributed by atoms with Gasteiger partial charge in [0.1, 0.15) is 0 Å². The molecule has 148 valence electrons. The minimum Gasteiger partial charge on any atom is -0.478 e. The Balaban J connectivity index is 4.44. The van der Waals surface area contributed by atoms with E-state index in [9.17, 15) is 20.1 Å². The first kappa shape index (κ1) is 24.3. The highest BCUT2D eigenvalue weighted by Crippen LogP contribution is 2.20. The van der Waals surface area contributed by atoms with Crippen molar-refractivity contribution in [1.29, 1.82) is 0 Å².